The predicted octanol–water partition coefficient (Wildman–Crippen LogP) is 3.62. The van der Waals surface area contributed by atoms with E-state index in [1.807, 2.05) is 30.3 Å². The summed E-state index contributed by atoms with van der Waals surface area (Å²) in [6.45, 7) is 0. The van der Waals surface area contributed by atoms with Crippen molar-refractivity contribution in [3.05, 3.63) is 60.8 Å². The van der Waals surface area contributed by atoms with E-state index in [2.05, 4.69) is 22.1 Å². The summed E-state index contributed by atoms with van der Waals surface area (Å²) in [6.07, 6.45) is 6.93. The van der Waals surface area contributed by atoms with E-state index in [0.717, 1.165) is 28.6 Å². The first kappa shape index (κ1) is 17.3. The zero-order chi connectivity index (χ0) is 20.4. The van der Waals surface area contributed by atoms with Crippen LogP contribution < -0.4 is 9.64 Å². The Morgan fingerprint density at radius 1 is 0.967 bits per heavy atom. The topological polar surface area (TPSA) is 72.4 Å². The van der Waals surface area contributed by atoms with Crippen LogP contribution in [0.3, 0.4) is 0 Å². The minimum absolute atomic E-state index is 0.0661. The molecule has 4 atom stereocenters. The first-order valence-electron chi connectivity index (χ1n) is 10.1. The molecular weight excluding hydrogens is 378 g/mol. The molecule has 1 saturated heterocycles. The van der Waals surface area contributed by atoms with Crippen molar-refractivity contribution >= 4 is 28.4 Å². The molecule has 2 aromatic carbocycles. The smallest absolute Gasteiger partial charge is 0.238 e. The summed E-state index contributed by atoms with van der Waals surface area (Å²) >= 11 is 0. The second kappa shape index (κ2) is 6.23. The highest BCUT2D eigenvalue weighted by Gasteiger charge is 2.59. The maximum Gasteiger partial charge on any atom is 0.238 e. The van der Waals surface area contributed by atoms with Gasteiger partial charge in [-0.05, 0) is 54.7 Å². The fourth-order valence-electron chi connectivity index (χ4n) is 5.19. The van der Waals surface area contributed by atoms with Crippen molar-refractivity contribution in [2.75, 3.05) is 12.0 Å². The Hall–Kier alpha value is -3.54. The van der Waals surface area contributed by atoms with Gasteiger partial charge >= 0.3 is 0 Å². The lowest BCUT2D eigenvalue weighted by Gasteiger charge is -2.17. The van der Waals surface area contributed by atoms with Crippen molar-refractivity contribution in [1.82, 2.24) is 9.97 Å². The van der Waals surface area contributed by atoms with Crippen LogP contribution in [-0.2, 0) is 9.59 Å². The van der Waals surface area contributed by atoms with Gasteiger partial charge in [0.25, 0.3) is 0 Å². The quantitative estimate of drug-likeness (QED) is 0.499. The summed E-state index contributed by atoms with van der Waals surface area (Å²) in [6, 6.07) is 13.0. The Labute approximate surface area is 173 Å². The molecule has 3 aromatic rings. The molecule has 1 aliphatic heterocycles. The van der Waals surface area contributed by atoms with E-state index in [-0.39, 0.29) is 35.5 Å². The van der Waals surface area contributed by atoms with Crippen molar-refractivity contribution in [2.45, 2.75) is 6.42 Å². The van der Waals surface area contributed by atoms with Crippen molar-refractivity contribution in [3.8, 4) is 17.1 Å². The number of carbonyl (C=O) groups is 2. The first-order chi connectivity index (χ1) is 14.6. The van der Waals surface area contributed by atoms with Gasteiger partial charge in [0.2, 0.25) is 11.8 Å². The van der Waals surface area contributed by atoms with Gasteiger partial charge in [0, 0.05) is 23.2 Å². The lowest BCUT2D eigenvalue weighted by atomic mass is 9.85. The van der Waals surface area contributed by atoms with Gasteiger partial charge in [-0.1, -0.05) is 12.2 Å². The molecule has 0 spiro atoms. The van der Waals surface area contributed by atoms with Crippen LogP contribution in [0.1, 0.15) is 6.42 Å². The van der Waals surface area contributed by atoms with Gasteiger partial charge in [-0.15, -0.1) is 0 Å². The second-order valence-corrected chi connectivity index (χ2v) is 8.18. The van der Waals surface area contributed by atoms with Gasteiger partial charge in [0.05, 0.1) is 30.1 Å². The molecule has 0 radical (unpaired) electrons. The predicted molar refractivity (Wildman–Crippen MR) is 112 cm³/mol. The summed E-state index contributed by atoms with van der Waals surface area (Å²) < 4.78 is 5.28. The van der Waals surface area contributed by atoms with Gasteiger partial charge in [-0.25, -0.2) is 9.97 Å². The van der Waals surface area contributed by atoms with Crippen molar-refractivity contribution in [1.29, 1.82) is 0 Å². The molecule has 2 fully saturated rings. The summed E-state index contributed by atoms with van der Waals surface area (Å²) in [5, 5.41) is 0.930. The number of aromatic nitrogens is 2. The number of allylic oxidation sites excluding steroid dienone is 2. The lowest BCUT2D eigenvalue weighted by Crippen LogP contribution is -2.32. The maximum atomic E-state index is 13.0. The van der Waals surface area contributed by atoms with Crippen LogP contribution in [0.25, 0.3) is 22.3 Å². The van der Waals surface area contributed by atoms with Gasteiger partial charge in [0.1, 0.15) is 5.75 Å². The van der Waals surface area contributed by atoms with E-state index < -0.39 is 0 Å². The highest BCUT2D eigenvalue weighted by atomic mass is 16.5. The van der Waals surface area contributed by atoms with E-state index >= 15 is 0 Å². The summed E-state index contributed by atoms with van der Waals surface area (Å²) in [5.74, 6) is 1.24. The molecule has 30 heavy (non-hydrogen) atoms. The second-order valence-electron chi connectivity index (χ2n) is 8.18. The average molecular weight is 397 g/mol. The fourth-order valence-corrected chi connectivity index (χ4v) is 5.19. The minimum atomic E-state index is -0.189. The molecule has 6 nitrogen and oxygen atoms in total. The number of amides is 2. The Bertz CT molecular complexity index is 1200. The molecule has 6 rings (SSSR count). The number of anilines is 1. The highest BCUT2D eigenvalue weighted by Crippen LogP contribution is 2.53. The van der Waals surface area contributed by atoms with E-state index in [1.54, 1.807) is 25.4 Å². The number of nitrogens with zero attached hydrogens (tertiary/aromatic N) is 3. The number of rotatable bonds is 3. The number of methoxy groups -OCH3 is 1. The standard InChI is InChI=1S/C24H19N3O3/c1-30-18-9-6-16-12-25-22(26-19(16)11-18)13-4-7-17(8-5-13)27-23(28)20-14-2-3-15(10-14)21(20)24(27)29/h2-9,11-12,14-15,20-21H,10H2,1H3/t14-,15+,20-,21+. The molecule has 2 heterocycles. The van der Waals surface area contributed by atoms with E-state index in [0.29, 0.717) is 11.5 Å². The van der Waals surface area contributed by atoms with Gasteiger partial charge in [0.15, 0.2) is 5.82 Å². The average Bonchev–Trinajstić information content (AvgIpc) is 3.47. The third-order valence-corrected chi connectivity index (χ3v) is 6.64. The van der Waals surface area contributed by atoms with Crippen LogP contribution in [0.4, 0.5) is 5.69 Å². The van der Waals surface area contributed by atoms with Crippen LogP contribution >= 0.6 is 0 Å². The number of benzene rings is 2. The first-order valence-corrected chi connectivity index (χ1v) is 10.1. The third-order valence-electron chi connectivity index (χ3n) is 6.64. The Balaban J connectivity index is 1.31. The van der Waals surface area contributed by atoms with Gasteiger partial charge in [-0.2, -0.15) is 0 Å². The molecule has 0 unspecified atom stereocenters. The molecule has 148 valence electrons. The number of hydrogen-bond donors (Lipinski definition) is 0. The van der Waals surface area contributed by atoms with Crippen molar-refractivity contribution < 1.29 is 14.3 Å². The molecule has 2 bridgehead atoms. The van der Waals surface area contributed by atoms with Crippen LogP contribution in [-0.4, -0.2) is 28.9 Å². The normalized spacial score (nSPS) is 26.6. The monoisotopic (exact) mass is 397 g/mol. The molecule has 2 amide bonds. The lowest BCUT2D eigenvalue weighted by molar-refractivity contribution is -0.123. The van der Waals surface area contributed by atoms with Crippen LogP contribution in [0.5, 0.6) is 5.75 Å². The summed E-state index contributed by atoms with van der Waals surface area (Å²) in [5.41, 5.74) is 2.23. The molecule has 3 aliphatic rings. The molecular formula is C24H19N3O3. The van der Waals surface area contributed by atoms with Gasteiger partial charge in [-0.3, -0.25) is 14.5 Å². The Kier molecular flexibility index (Phi) is 3.60. The zero-order valence-corrected chi connectivity index (χ0v) is 16.4. The molecule has 1 aromatic heterocycles. The zero-order valence-electron chi connectivity index (χ0n) is 16.4. The fraction of sp³-hybridized carbons (Fsp3) is 0.250. The third kappa shape index (κ3) is 2.36. The maximum absolute atomic E-state index is 13.0. The van der Waals surface area contributed by atoms with Crippen molar-refractivity contribution in [2.24, 2.45) is 23.7 Å². The minimum Gasteiger partial charge on any atom is -0.497 e. The molecule has 2 aliphatic carbocycles. The summed E-state index contributed by atoms with van der Waals surface area (Å²) in [7, 11) is 1.62. The summed E-state index contributed by atoms with van der Waals surface area (Å²) in [4.78, 5) is 36.4. The van der Waals surface area contributed by atoms with Crippen molar-refractivity contribution in [3.63, 3.8) is 0 Å². The Morgan fingerprint density at radius 2 is 1.67 bits per heavy atom. The van der Waals surface area contributed by atoms with E-state index in [4.69, 9.17) is 4.74 Å². The van der Waals surface area contributed by atoms with Crippen LogP contribution in [0.15, 0.2) is 60.8 Å². The number of hydrogen-bond acceptors (Lipinski definition) is 5. The van der Waals surface area contributed by atoms with Gasteiger partial charge < -0.3 is 4.74 Å². The highest BCUT2D eigenvalue weighted by molar-refractivity contribution is 6.22. The number of ether oxygens (including phenoxy) is 1. The number of fused-ring (bicyclic) bond motifs is 6. The largest absolute Gasteiger partial charge is 0.497 e. The van der Waals surface area contributed by atoms with Crippen LogP contribution in [0, 0.1) is 23.7 Å². The Morgan fingerprint density at radius 3 is 2.33 bits per heavy atom. The van der Waals surface area contributed by atoms with E-state index in [9.17, 15) is 9.59 Å². The SMILES string of the molecule is COc1ccc2cnc(-c3ccc(N4C(=O)[C@@H]5[C@H](C4=O)[C@@H]4C=C[C@H]5C4)cc3)nc2c1. The molecule has 6 heteroatoms. The number of imide groups is 1. The molecule has 1 saturated carbocycles. The number of carbonyl (C=O) groups excluding carboxylic acids is 2. The van der Waals surface area contributed by atoms with E-state index in [1.165, 1.54) is 4.90 Å². The van der Waals surface area contributed by atoms with Crippen LogP contribution in [0.2, 0.25) is 0 Å². The molecule has 0 N–H and O–H groups in total.